The maximum absolute atomic E-state index is 11.9. The van der Waals surface area contributed by atoms with Crippen molar-refractivity contribution in [2.45, 2.75) is 31.8 Å². The van der Waals surface area contributed by atoms with Crippen molar-refractivity contribution in [3.63, 3.8) is 0 Å². The van der Waals surface area contributed by atoms with Gasteiger partial charge in [0.2, 0.25) is 5.91 Å². The van der Waals surface area contributed by atoms with Crippen LogP contribution in [0.1, 0.15) is 18.9 Å². The van der Waals surface area contributed by atoms with Crippen LogP contribution in [0.2, 0.25) is 0 Å². The van der Waals surface area contributed by atoms with Gasteiger partial charge < -0.3 is 11.1 Å². The molecule has 0 aromatic heterocycles. The summed E-state index contributed by atoms with van der Waals surface area (Å²) in [6, 6.07) is 8.70. The third-order valence-corrected chi connectivity index (χ3v) is 3.92. The Kier molecular flexibility index (Phi) is 8.54. The molecule has 1 aromatic carbocycles. The van der Waals surface area contributed by atoms with Gasteiger partial charge in [0.1, 0.15) is 9.84 Å². The highest BCUT2D eigenvalue weighted by Crippen LogP contribution is 2.03. The predicted molar refractivity (Wildman–Crippen MR) is 87.3 cm³/mol. The first kappa shape index (κ1) is 19.9. The van der Waals surface area contributed by atoms with Crippen molar-refractivity contribution in [2.24, 2.45) is 5.73 Å². The Morgan fingerprint density at radius 1 is 1.29 bits per heavy atom. The lowest BCUT2D eigenvalue weighted by Crippen LogP contribution is -2.45. The molecule has 1 aromatic rings. The Hall–Kier alpha value is -1.11. The van der Waals surface area contributed by atoms with Gasteiger partial charge in [0.15, 0.2) is 0 Å². The van der Waals surface area contributed by atoms with Crippen LogP contribution in [-0.4, -0.2) is 38.4 Å². The molecule has 0 bridgehead atoms. The van der Waals surface area contributed by atoms with E-state index in [9.17, 15) is 13.2 Å². The van der Waals surface area contributed by atoms with Crippen LogP contribution in [0.3, 0.4) is 0 Å². The molecule has 7 heteroatoms. The van der Waals surface area contributed by atoms with Crippen molar-refractivity contribution in [3.05, 3.63) is 35.9 Å². The summed E-state index contributed by atoms with van der Waals surface area (Å²) in [6.45, 7) is 1.78. The number of sulfone groups is 1. The van der Waals surface area contributed by atoms with E-state index in [2.05, 4.69) is 5.32 Å². The van der Waals surface area contributed by atoms with E-state index in [1.54, 1.807) is 6.92 Å². The van der Waals surface area contributed by atoms with Crippen LogP contribution < -0.4 is 11.1 Å². The average molecular weight is 335 g/mol. The highest BCUT2D eigenvalue weighted by Gasteiger charge is 2.17. The lowest BCUT2D eigenvalue weighted by atomic mass is 10.1. The van der Waals surface area contributed by atoms with E-state index < -0.39 is 15.9 Å². The zero-order chi connectivity index (χ0) is 15.2. The Bertz CT molecular complexity index is 534. The number of carbonyl (C=O) groups excluding carboxylic acids is 1. The summed E-state index contributed by atoms with van der Waals surface area (Å²) in [7, 11) is -3.01. The van der Waals surface area contributed by atoms with Gasteiger partial charge in [0, 0.05) is 12.3 Å². The molecular weight excluding hydrogens is 312 g/mol. The molecule has 0 fully saturated rings. The topological polar surface area (TPSA) is 89.3 Å². The van der Waals surface area contributed by atoms with Gasteiger partial charge in [-0.25, -0.2) is 8.42 Å². The number of rotatable bonds is 7. The molecule has 3 N–H and O–H groups in total. The molecule has 0 saturated heterocycles. The van der Waals surface area contributed by atoms with E-state index in [0.717, 1.165) is 5.56 Å². The molecule has 1 unspecified atom stereocenters. The zero-order valence-electron chi connectivity index (χ0n) is 12.3. The summed E-state index contributed by atoms with van der Waals surface area (Å²) in [5, 5.41) is 2.74. The minimum absolute atomic E-state index is 0. The lowest BCUT2D eigenvalue weighted by Gasteiger charge is -2.17. The first-order valence-corrected chi connectivity index (χ1v) is 8.61. The Labute approximate surface area is 132 Å². The van der Waals surface area contributed by atoms with Gasteiger partial charge in [-0.2, -0.15) is 0 Å². The molecule has 0 spiro atoms. The maximum atomic E-state index is 11.9. The molecule has 0 heterocycles. The number of nitrogens with one attached hydrogen (secondary N) is 1. The third kappa shape index (κ3) is 8.70. The molecule has 1 amide bonds. The highest BCUT2D eigenvalue weighted by molar-refractivity contribution is 7.90. The van der Waals surface area contributed by atoms with Gasteiger partial charge in [0.25, 0.3) is 0 Å². The van der Waals surface area contributed by atoms with Gasteiger partial charge in [-0.05, 0) is 25.3 Å². The standard InChI is InChI=1S/C14H22N2O3S.ClH/c1-11(8-9-20(2,18)19)16-14(17)13(15)10-12-6-4-3-5-7-12;/h3-7,11,13H,8-10,15H2,1-2H3,(H,16,17);1H/t11?,13-;/m0./s1. The third-order valence-electron chi connectivity index (χ3n) is 2.95. The van der Waals surface area contributed by atoms with Crippen LogP contribution in [0.15, 0.2) is 30.3 Å². The quantitative estimate of drug-likeness (QED) is 0.776. The van der Waals surface area contributed by atoms with Gasteiger partial charge >= 0.3 is 0 Å². The molecule has 2 atom stereocenters. The summed E-state index contributed by atoms with van der Waals surface area (Å²) in [4.78, 5) is 11.9. The van der Waals surface area contributed by atoms with Crippen LogP contribution in [0.25, 0.3) is 0 Å². The molecular formula is C14H23ClN2O3S. The minimum atomic E-state index is -3.01. The number of amides is 1. The molecule has 0 aliphatic rings. The van der Waals surface area contributed by atoms with Crippen molar-refractivity contribution in [1.29, 1.82) is 0 Å². The molecule has 1 rings (SSSR count). The van der Waals surface area contributed by atoms with Gasteiger partial charge in [-0.1, -0.05) is 30.3 Å². The van der Waals surface area contributed by atoms with Gasteiger partial charge in [-0.15, -0.1) is 12.4 Å². The Morgan fingerprint density at radius 2 is 1.86 bits per heavy atom. The van der Waals surface area contributed by atoms with Crippen LogP contribution in [0.5, 0.6) is 0 Å². The summed E-state index contributed by atoms with van der Waals surface area (Å²) in [5.41, 5.74) is 6.85. The molecule has 0 aliphatic carbocycles. The van der Waals surface area contributed by atoms with Crippen molar-refractivity contribution in [1.82, 2.24) is 5.32 Å². The predicted octanol–water partition coefficient (Wildman–Crippen LogP) is 0.918. The maximum Gasteiger partial charge on any atom is 0.237 e. The molecule has 120 valence electrons. The van der Waals surface area contributed by atoms with Crippen LogP contribution in [0.4, 0.5) is 0 Å². The number of hydrogen-bond acceptors (Lipinski definition) is 4. The molecule has 0 aliphatic heterocycles. The number of carbonyl (C=O) groups is 1. The fourth-order valence-electron chi connectivity index (χ4n) is 1.77. The fourth-order valence-corrected chi connectivity index (χ4v) is 2.56. The largest absolute Gasteiger partial charge is 0.352 e. The Balaban J connectivity index is 0.00000400. The highest BCUT2D eigenvalue weighted by atomic mass is 35.5. The van der Waals surface area contributed by atoms with Crippen LogP contribution in [-0.2, 0) is 21.1 Å². The zero-order valence-corrected chi connectivity index (χ0v) is 13.9. The smallest absolute Gasteiger partial charge is 0.237 e. The van der Waals surface area contributed by atoms with E-state index in [1.165, 1.54) is 6.26 Å². The van der Waals surface area contributed by atoms with Crippen molar-refractivity contribution < 1.29 is 13.2 Å². The number of hydrogen-bond donors (Lipinski definition) is 2. The minimum Gasteiger partial charge on any atom is -0.352 e. The Morgan fingerprint density at radius 3 is 2.38 bits per heavy atom. The van der Waals surface area contributed by atoms with E-state index in [0.29, 0.717) is 12.8 Å². The molecule has 0 radical (unpaired) electrons. The molecule has 5 nitrogen and oxygen atoms in total. The van der Waals surface area contributed by atoms with E-state index in [1.807, 2.05) is 30.3 Å². The SMILES string of the molecule is CC(CCS(C)(=O)=O)NC(=O)[C@@H](N)Cc1ccccc1.Cl. The lowest BCUT2D eigenvalue weighted by molar-refractivity contribution is -0.122. The normalized spacial score (nSPS) is 13.9. The first-order chi connectivity index (χ1) is 9.28. The second-order valence-electron chi connectivity index (χ2n) is 5.12. The van der Waals surface area contributed by atoms with Gasteiger partial charge in [-0.3, -0.25) is 4.79 Å². The summed E-state index contributed by atoms with van der Waals surface area (Å²) in [6.07, 6.45) is 2.04. The van der Waals surface area contributed by atoms with Crippen molar-refractivity contribution >= 4 is 28.2 Å². The summed E-state index contributed by atoms with van der Waals surface area (Å²) >= 11 is 0. The summed E-state index contributed by atoms with van der Waals surface area (Å²) in [5.74, 6) is -0.197. The molecule has 21 heavy (non-hydrogen) atoms. The molecule has 0 saturated carbocycles. The fraction of sp³-hybridized carbons (Fsp3) is 0.500. The number of nitrogens with two attached hydrogens (primary N) is 1. The van der Waals surface area contributed by atoms with E-state index >= 15 is 0 Å². The van der Waals surface area contributed by atoms with E-state index in [-0.39, 0.29) is 30.1 Å². The van der Waals surface area contributed by atoms with Crippen molar-refractivity contribution in [2.75, 3.05) is 12.0 Å². The van der Waals surface area contributed by atoms with Crippen LogP contribution in [0, 0.1) is 0 Å². The van der Waals surface area contributed by atoms with Crippen LogP contribution >= 0.6 is 12.4 Å². The second-order valence-corrected chi connectivity index (χ2v) is 7.38. The van der Waals surface area contributed by atoms with Crippen molar-refractivity contribution in [3.8, 4) is 0 Å². The number of halogens is 1. The average Bonchev–Trinajstić information content (AvgIpc) is 2.36. The second kappa shape index (κ2) is 9.02. The van der Waals surface area contributed by atoms with E-state index in [4.69, 9.17) is 5.73 Å². The number of benzene rings is 1. The van der Waals surface area contributed by atoms with Gasteiger partial charge in [0.05, 0.1) is 11.8 Å². The first-order valence-electron chi connectivity index (χ1n) is 6.55. The monoisotopic (exact) mass is 334 g/mol. The summed E-state index contributed by atoms with van der Waals surface area (Å²) < 4.78 is 22.1.